The van der Waals surface area contributed by atoms with Crippen LogP contribution in [0.1, 0.15) is 11.4 Å². The molecule has 0 saturated carbocycles. The number of hydrogen-bond donors (Lipinski definition) is 2. The van der Waals surface area contributed by atoms with E-state index in [0.717, 1.165) is 12.4 Å². The molecule has 14 heavy (non-hydrogen) atoms. The maximum absolute atomic E-state index is 12.0. The van der Waals surface area contributed by atoms with Gasteiger partial charge in [-0.05, 0) is 0 Å². The first-order valence-electron chi connectivity index (χ1n) is 3.32. The van der Waals surface area contributed by atoms with Crippen molar-refractivity contribution in [2.45, 2.75) is 6.18 Å². The predicted molar refractivity (Wildman–Crippen MR) is 39.5 cm³/mol. The molecule has 0 aromatic carbocycles. The van der Waals surface area contributed by atoms with Crippen molar-refractivity contribution in [2.75, 3.05) is 0 Å². The lowest BCUT2D eigenvalue weighted by molar-refractivity contribution is -0.145. The lowest BCUT2D eigenvalue weighted by Crippen LogP contribution is -2.16. The van der Waals surface area contributed by atoms with Crippen molar-refractivity contribution in [3.8, 4) is 0 Å². The van der Waals surface area contributed by atoms with Crippen LogP contribution in [0.15, 0.2) is 17.5 Å². The van der Waals surface area contributed by atoms with Crippen LogP contribution in [0.2, 0.25) is 0 Å². The molecule has 0 aliphatic rings. The van der Waals surface area contributed by atoms with Crippen molar-refractivity contribution >= 4 is 5.84 Å². The third-order valence-electron chi connectivity index (χ3n) is 1.31. The molecule has 0 saturated heterocycles. The molecule has 0 aliphatic heterocycles. The molecular weight excluding hydrogens is 201 g/mol. The van der Waals surface area contributed by atoms with Crippen molar-refractivity contribution < 1.29 is 18.4 Å². The Bertz CT molecular complexity index is 345. The van der Waals surface area contributed by atoms with E-state index in [1.54, 1.807) is 0 Å². The highest BCUT2D eigenvalue weighted by atomic mass is 19.4. The molecule has 5 nitrogen and oxygen atoms in total. The number of amidine groups is 1. The normalized spacial score (nSPS) is 12.9. The van der Waals surface area contributed by atoms with Gasteiger partial charge in [0.05, 0.1) is 5.56 Å². The van der Waals surface area contributed by atoms with E-state index in [9.17, 15) is 13.2 Å². The molecule has 0 aliphatic carbocycles. The van der Waals surface area contributed by atoms with Gasteiger partial charge >= 0.3 is 6.18 Å². The molecule has 0 bridgehead atoms. The average molecular weight is 206 g/mol. The molecule has 1 aromatic rings. The first-order chi connectivity index (χ1) is 6.45. The monoisotopic (exact) mass is 206 g/mol. The van der Waals surface area contributed by atoms with Crippen LogP contribution in [-0.4, -0.2) is 21.0 Å². The molecule has 0 fully saturated rings. The van der Waals surface area contributed by atoms with Crippen molar-refractivity contribution in [3.63, 3.8) is 0 Å². The fourth-order valence-corrected chi connectivity index (χ4v) is 0.664. The first kappa shape index (κ1) is 10.2. The van der Waals surface area contributed by atoms with Gasteiger partial charge < -0.3 is 10.9 Å². The number of aromatic nitrogens is 2. The van der Waals surface area contributed by atoms with Crippen LogP contribution in [0.25, 0.3) is 0 Å². The van der Waals surface area contributed by atoms with Crippen LogP contribution in [0.5, 0.6) is 0 Å². The molecule has 0 radical (unpaired) electrons. The maximum Gasteiger partial charge on any atom is 0.451 e. The van der Waals surface area contributed by atoms with Gasteiger partial charge in [0, 0.05) is 12.4 Å². The van der Waals surface area contributed by atoms with Crippen LogP contribution in [-0.2, 0) is 6.18 Å². The molecule has 0 unspecified atom stereocenters. The SMILES string of the molecule is N/C(=N\O)c1cnc(C(F)(F)F)nc1. The minimum atomic E-state index is -4.59. The number of alkyl halides is 3. The summed E-state index contributed by atoms with van der Waals surface area (Å²) in [5.41, 5.74) is 5.11. The number of hydrogen-bond acceptors (Lipinski definition) is 4. The molecule has 0 amide bonds. The Morgan fingerprint density at radius 2 is 1.86 bits per heavy atom. The van der Waals surface area contributed by atoms with Crippen LogP contribution in [0.3, 0.4) is 0 Å². The van der Waals surface area contributed by atoms with E-state index in [0.29, 0.717) is 0 Å². The Kier molecular flexibility index (Phi) is 2.54. The summed E-state index contributed by atoms with van der Waals surface area (Å²) in [6, 6.07) is 0. The lowest BCUT2D eigenvalue weighted by Gasteiger charge is -2.04. The van der Waals surface area contributed by atoms with Crippen molar-refractivity contribution in [1.29, 1.82) is 0 Å². The highest BCUT2D eigenvalue weighted by Gasteiger charge is 2.34. The Morgan fingerprint density at radius 1 is 1.36 bits per heavy atom. The summed E-state index contributed by atoms with van der Waals surface area (Å²) in [4.78, 5) is 6.02. The van der Waals surface area contributed by atoms with E-state index in [-0.39, 0.29) is 11.4 Å². The van der Waals surface area contributed by atoms with Crippen molar-refractivity contribution in [2.24, 2.45) is 10.9 Å². The van der Waals surface area contributed by atoms with E-state index in [1.807, 2.05) is 0 Å². The molecular formula is C6H5F3N4O. The lowest BCUT2D eigenvalue weighted by atomic mass is 10.3. The van der Waals surface area contributed by atoms with Crippen LogP contribution in [0, 0.1) is 0 Å². The fraction of sp³-hybridized carbons (Fsp3) is 0.167. The summed E-state index contributed by atoms with van der Waals surface area (Å²) in [6.45, 7) is 0. The predicted octanol–water partition coefficient (Wildman–Crippen LogP) is 0.590. The van der Waals surface area contributed by atoms with Gasteiger partial charge in [-0.3, -0.25) is 0 Å². The third-order valence-corrected chi connectivity index (χ3v) is 1.31. The molecule has 1 rings (SSSR count). The summed E-state index contributed by atoms with van der Waals surface area (Å²) >= 11 is 0. The summed E-state index contributed by atoms with van der Waals surface area (Å²) in [5.74, 6) is -1.62. The number of halogens is 3. The molecule has 8 heteroatoms. The van der Waals surface area contributed by atoms with E-state index in [4.69, 9.17) is 10.9 Å². The van der Waals surface area contributed by atoms with Gasteiger partial charge in [0.25, 0.3) is 0 Å². The smallest absolute Gasteiger partial charge is 0.409 e. The number of nitrogens with zero attached hydrogens (tertiary/aromatic N) is 3. The summed E-state index contributed by atoms with van der Waals surface area (Å²) < 4.78 is 35.9. The molecule has 1 aromatic heterocycles. The molecule has 0 spiro atoms. The second kappa shape index (κ2) is 3.48. The van der Waals surface area contributed by atoms with Gasteiger partial charge in [-0.2, -0.15) is 13.2 Å². The Hall–Kier alpha value is -1.86. The molecule has 76 valence electrons. The van der Waals surface area contributed by atoms with E-state index >= 15 is 0 Å². The van der Waals surface area contributed by atoms with Crippen molar-refractivity contribution in [3.05, 3.63) is 23.8 Å². The fourth-order valence-electron chi connectivity index (χ4n) is 0.664. The highest BCUT2D eigenvalue weighted by Crippen LogP contribution is 2.25. The van der Waals surface area contributed by atoms with E-state index in [1.165, 1.54) is 0 Å². The quantitative estimate of drug-likeness (QED) is 0.305. The molecule has 1 heterocycles. The Labute approximate surface area is 76.1 Å². The van der Waals surface area contributed by atoms with Crippen molar-refractivity contribution in [1.82, 2.24) is 9.97 Å². The first-order valence-corrected chi connectivity index (χ1v) is 3.32. The molecule has 3 N–H and O–H groups in total. The standard InChI is InChI=1S/C6H5F3N4O/c7-6(8,9)5-11-1-3(2-12-5)4(10)13-14/h1-2,14H,(H2,10,13). The number of rotatable bonds is 1. The van der Waals surface area contributed by atoms with E-state index in [2.05, 4.69) is 15.1 Å². The number of nitrogens with two attached hydrogens (primary N) is 1. The van der Waals surface area contributed by atoms with Gasteiger partial charge in [-0.25, -0.2) is 9.97 Å². The van der Waals surface area contributed by atoms with E-state index < -0.39 is 12.0 Å². The topological polar surface area (TPSA) is 84.4 Å². The Balaban J connectivity index is 3.01. The maximum atomic E-state index is 12.0. The third kappa shape index (κ3) is 2.09. The van der Waals surface area contributed by atoms with Gasteiger partial charge in [0.1, 0.15) is 0 Å². The zero-order chi connectivity index (χ0) is 10.8. The van der Waals surface area contributed by atoms with Crippen LogP contribution >= 0.6 is 0 Å². The number of oxime groups is 1. The van der Waals surface area contributed by atoms with Gasteiger partial charge in [-0.1, -0.05) is 5.16 Å². The van der Waals surface area contributed by atoms with Crippen LogP contribution < -0.4 is 5.73 Å². The summed E-state index contributed by atoms with van der Waals surface area (Å²) in [5, 5.41) is 10.8. The molecule has 0 atom stereocenters. The van der Waals surface area contributed by atoms with Gasteiger partial charge in [0.15, 0.2) is 5.84 Å². The highest BCUT2D eigenvalue weighted by molar-refractivity contribution is 5.96. The largest absolute Gasteiger partial charge is 0.451 e. The summed E-state index contributed by atoms with van der Waals surface area (Å²) in [6.07, 6.45) is -2.95. The Morgan fingerprint density at radius 3 is 2.21 bits per heavy atom. The second-order valence-electron chi connectivity index (χ2n) is 2.28. The minimum Gasteiger partial charge on any atom is -0.409 e. The average Bonchev–Trinajstić information content (AvgIpc) is 2.15. The van der Waals surface area contributed by atoms with Crippen LogP contribution in [0.4, 0.5) is 13.2 Å². The zero-order valence-corrected chi connectivity index (χ0v) is 6.65. The summed E-state index contributed by atoms with van der Waals surface area (Å²) in [7, 11) is 0. The second-order valence-corrected chi connectivity index (χ2v) is 2.28. The van der Waals surface area contributed by atoms with Gasteiger partial charge in [0.2, 0.25) is 5.82 Å². The minimum absolute atomic E-state index is 0.0144. The van der Waals surface area contributed by atoms with Gasteiger partial charge in [-0.15, -0.1) is 0 Å². The zero-order valence-electron chi connectivity index (χ0n) is 6.65.